The Balaban J connectivity index is 1.83. The number of benzene rings is 2. The third-order valence-corrected chi connectivity index (χ3v) is 3.90. The Morgan fingerprint density at radius 2 is 1.68 bits per heavy atom. The fraction of sp³-hybridized carbons (Fsp3) is 0.111. The molecule has 0 saturated carbocycles. The van der Waals surface area contributed by atoms with Crippen molar-refractivity contribution < 1.29 is 18.7 Å². The van der Waals surface area contributed by atoms with Gasteiger partial charge in [0.15, 0.2) is 0 Å². The summed E-state index contributed by atoms with van der Waals surface area (Å²) < 4.78 is 18.4. The first-order chi connectivity index (χ1) is 12.0. The van der Waals surface area contributed by atoms with Crippen LogP contribution < -0.4 is 15.0 Å². The number of carbonyl (C=O) groups is 2. The normalized spacial score (nSPS) is 14.3. The summed E-state index contributed by atoms with van der Waals surface area (Å²) in [5, 5.41) is 2.64. The highest BCUT2D eigenvalue weighted by Gasteiger charge is 2.38. The Hall–Kier alpha value is -2.86. The highest BCUT2D eigenvalue weighted by atomic mass is 35.5. The summed E-state index contributed by atoms with van der Waals surface area (Å²) in [6.45, 7) is 2.42. The van der Waals surface area contributed by atoms with Crippen LogP contribution in [0.5, 0.6) is 5.75 Å². The average Bonchev–Trinajstić information content (AvgIpc) is 2.81. The van der Waals surface area contributed by atoms with Crippen LogP contribution in [0, 0.1) is 5.82 Å². The Labute approximate surface area is 148 Å². The third-order valence-electron chi connectivity index (χ3n) is 3.55. The van der Waals surface area contributed by atoms with Crippen LogP contribution in [0.2, 0.25) is 0 Å². The number of nitrogens with zero attached hydrogens (tertiary/aromatic N) is 1. The lowest BCUT2D eigenvalue weighted by Crippen LogP contribution is -2.32. The van der Waals surface area contributed by atoms with Gasteiger partial charge < -0.3 is 10.1 Å². The highest BCUT2D eigenvalue weighted by molar-refractivity contribution is 6.53. The van der Waals surface area contributed by atoms with Gasteiger partial charge in [-0.25, -0.2) is 9.29 Å². The number of hydrogen-bond acceptors (Lipinski definition) is 4. The van der Waals surface area contributed by atoms with Gasteiger partial charge in [-0.05, 0) is 55.5 Å². The van der Waals surface area contributed by atoms with Crippen LogP contribution >= 0.6 is 11.6 Å². The summed E-state index contributed by atoms with van der Waals surface area (Å²) >= 11 is 6.04. The van der Waals surface area contributed by atoms with Crippen molar-refractivity contribution in [3.8, 4) is 5.75 Å². The van der Waals surface area contributed by atoms with Gasteiger partial charge in [-0.1, -0.05) is 11.6 Å². The number of imide groups is 1. The van der Waals surface area contributed by atoms with Crippen molar-refractivity contribution in [3.05, 3.63) is 65.1 Å². The van der Waals surface area contributed by atoms with E-state index in [-0.39, 0.29) is 16.4 Å². The molecule has 25 heavy (non-hydrogen) atoms. The SMILES string of the molecule is CCOc1ccc(NC2=C(Cl)C(=O)N(c3ccc(F)cc3)C2=O)cc1. The zero-order valence-electron chi connectivity index (χ0n) is 13.3. The largest absolute Gasteiger partial charge is 0.494 e. The number of amides is 2. The fourth-order valence-electron chi connectivity index (χ4n) is 2.38. The summed E-state index contributed by atoms with van der Waals surface area (Å²) in [7, 11) is 0. The smallest absolute Gasteiger partial charge is 0.283 e. The number of carbonyl (C=O) groups excluding carboxylic acids is 2. The van der Waals surface area contributed by atoms with Crippen molar-refractivity contribution >= 4 is 34.8 Å². The van der Waals surface area contributed by atoms with E-state index in [1.807, 2.05) is 6.92 Å². The van der Waals surface area contributed by atoms with Gasteiger partial charge in [0.25, 0.3) is 11.8 Å². The minimum atomic E-state index is -0.660. The lowest BCUT2D eigenvalue weighted by molar-refractivity contribution is -0.120. The Morgan fingerprint density at radius 1 is 1.04 bits per heavy atom. The Bertz CT molecular complexity index is 848. The lowest BCUT2D eigenvalue weighted by Gasteiger charge is -2.15. The van der Waals surface area contributed by atoms with E-state index in [1.54, 1.807) is 24.3 Å². The van der Waals surface area contributed by atoms with Gasteiger partial charge in [0, 0.05) is 5.69 Å². The molecule has 1 aliphatic heterocycles. The van der Waals surface area contributed by atoms with E-state index >= 15 is 0 Å². The molecule has 5 nitrogen and oxygen atoms in total. The molecule has 0 spiro atoms. The fourth-order valence-corrected chi connectivity index (χ4v) is 2.59. The molecule has 0 unspecified atom stereocenters. The second-order valence-electron chi connectivity index (χ2n) is 5.19. The van der Waals surface area contributed by atoms with Crippen LogP contribution in [-0.4, -0.2) is 18.4 Å². The number of halogens is 2. The molecule has 1 aliphatic rings. The number of nitrogens with one attached hydrogen (secondary N) is 1. The standard InChI is InChI=1S/C18H14ClFN2O3/c1-2-25-14-9-5-12(6-10-14)21-16-15(19)17(23)22(18(16)24)13-7-3-11(20)4-8-13/h3-10,21H,2H2,1H3. The van der Waals surface area contributed by atoms with Crippen LogP contribution in [0.15, 0.2) is 59.3 Å². The van der Waals surface area contributed by atoms with Crippen molar-refractivity contribution in [1.29, 1.82) is 0 Å². The first kappa shape index (κ1) is 17.0. The van der Waals surface area contributed by atoms with Gasteiger partial charge in [-0.3, -0.25) is 9.59 Å². The van der Waals surface area contributed by atoms with E-state index in [0.29, 0.717) is 18.0 Å². The van der Waals surface area contributed by atoms with Crippen molar-refractivity contribution in [2.75, 3.05) is 16.8 Å². The van der Waals surface area contributed by atoms with Crippen LogP contribution in [0.3, 0.4) is 0 Å². The maximum absolute atomic E-state index is 13.0. The van der Waals surface area contributed by atoms with Crippen molar-refractivity contribution in [1.82, 2.24) is 0 Å². The first-order valence-electron chi connectivity index (χ1n) is 7.55. The number of anilines is 2. The Morgan fingerprint density at radius 3 is 2.28 bits per heavy atom. The molecule has 1 heterocycles. The molecule has 0 aromatic heterocycles. The molecule has 2 aromatic rings. The molecule has 128 valence electrons. The molecular weight excluding hydrogens is 347 g/mol. The third kappa shape index (κ3) is 3.34. The molecule has 0 atom stereocenters. The molecule has 0 bridgehead atoms. The maximum atomic E-state index is 13.0. The van der Waals surface area contributed by atoms with Gasteiger partial charge in [0.1, 0.15) is 22.3 Å². The summed E-state index contributed by atoms with van der Waals surface area (Å²) in [6.07, 6.45) is 0. The molecule has 3 rings (SSSR count). The van der Waals surface area contributed by atoms with Crippen LogP contribution in [0.1, 0.15) is 6.92 Å². The highest BCUT2D eigenvalue weighted by Crippen LogP contribution is 2.30. The zero-order valence-corrected chi connectivity index (χ0v) is 14.0. The summed E-state index contributed by atoms with van der Waals surface area (Å²) in [5.74, 6) is -1.04. The first-order valence-corrected chi connectivity index (χ1v) is 7.93. The Kier molecular flexibility index (Phi) is 4.72. The predicted octanol–water partition coefficient (Wildman–Crippen LogP) is 3.66. The molecular formula is C18H14ClFN2O3. The summed E-state index contributed by atoms with van der Waals surface area (Å²) in [6, 6.07) is 11.9. The summed E-state index contributed by atoms with van der Waals surface area (Å²) in [5.41, 5.74) is 0.803. The molecule has 1 N–H and O–H groups in total. The number of hydrogen-bond donors (Lipinski definition) is 1. The van der Waals surface area contributed by atoms with Crippen molar-refractivity contribution in [3.63, 3.8) is 0 Å². The predicted molar refractivity (Wildman–Crippen MR) is 93.0 cm³/mol. The minimum absolute atomic E-state index is 0.0276. The molecule has 7 heteroatoms. The number of rotatable bonds is 5. The van der Waals surface area contributed by atoms with E-state index < -0.39 is 17.6 Å². The van der Waals surface area contributed by atoms with Gasteiger partial charge in [0.2, 0.25) is 0 Å². The monoisotopic (exact) mass is 360 g/mol. The van der Waals surface area contributed by atoms with Crippen LogP contribution in [0.4, 0.5) is 15.8 Å². The van der Waals surface area contributed by atoms with Gasteiger partial charge >= 0.3 is 0 Å². The summed E-state index contributed by atoms with van der Waals surface area (Å²) in [4.78, 5) is 25.8. The van der Waals surface area contributed by atoms with Gasteiger partial charge in [-0.15, -0.1) is 0 Å². The minimum Gasteiger partial charge on any atom is -0.494 e. The number of ether oxygens (including phenoxy) is 1. The van der Waals surface area contributed by atoms with Crippen LogP contribution in [-0.2, 0) is 9.59 Å². The van der Waals surface area contributed by atoms with E-state index in [9.17, 15) is 14.0 Å². The average molecular weight is 361 g/mol. The van der Waals surface area contributed by atoms with Crippen LogP contribution in [0.25, 0.3) is 0 Å². The maximum Gasteiger partial charge on any atom is 0.283 e. The van der Waals surface area contributed by atoms with E-state index in [4.69, 9.17) is 16.3 Å². The topological polar surface area (TPSA) is 58.6 Å². The molecule has 0 fully saturated rings. The van der Waals surface area contributed by atoms with Crippen molar-refractivity contribution in [2.24, 2.45) is 0 Å². The second kappa shape index (κ2) is 6.94. The molecule has 0 saturated heterocycles. The second-order valence-corrected chi connectivity index (χ2v) is 5.57. The molecule has 0 aliphatic carbocycles. The lowest BCUT2D eigenvalue weighted by atomic mass is 10.2. The molecule has 2 amide bonds. The van der Waals surface area contributed by atoms with E-state index in [2.05, 4.69) is 5.32 Å². The van der Waals surface area contributed by atoms with Crippen molar-refractivity contribution in [2.45, 2.75) is 6.92 Å². The van der Waals surface area contributed by atoms with E-state index in [0.717, 1.165) is 4.90 Å². The zero-order chi connectivity index (χ0) is 18.0. The van der Waals surface area contributed by atoms with E-state index in [1.165, 1.54) is 24.3 Å². The molecule has 0 radical (unpaired) electrons. The molecule has 2 aromatic carbocycles. The quantitative estimate of drug-likeness (QED) is 0.827. The van der Waals surface area contributed by atoms with Gasteiger partial charge in [-0.2, -0.15) is 0 Å². The van der Waals surface area contributed by atoms with Gasteiger partial charge in [0.05, 0.1) is 12.3 Å².